The molecule has 2 rings (SSSR count). The lowest BCUT2D eigenvalue weighted by Gasteiger charge is -2.22. The minimum Gasteiger partial charge on any atom is -0.479 e. The van der Waals surface area contributed by atoms with Gasteiger partial charge in [0.05, 0.1) is 12.8 Å². The maximum Gasteiger partial charge on any atom is 0.239 e. The van der Waals surface area contributed by atoms with Crippen LogP contribution in [-0.4, -0.2) is 38.6 Å². The van der Waals surface area contributed by atoms with Crippen LogP contribution >= 0.6 is 0 Å². The van der Waals surface area contributed by atoms with Gasteiger partial charge in [-0.1, -0.05) is 6.42 Å². The number of carbonyl (C=O) groups excluding carboxylic acids is 1. The van der Waals surface area contributed by atoms with Crippen molar-refractivity contribution in [2.45, 2.75) is 19.3 Å². The third-order valence-corrected chi connectivity index (χ3v) is 4.12. The first kappa shape index (κ1) is 15.6. The van der Waals surface area contributed by atoms with E-state index in [0.717, 1.165) is 24.9 Å². The maximum absolute atomic E-state index is 12.6. The molecule has 1 heterocycles. The highest BCUT2D eigenvalue weighted by Crippen LogP contribution is 2.36. The lowest BCUT2D eigenvalue weighted by atomic mass is 9.95. The Morgan fingerprint density at radius 3 is 2.90 bits per heavy atom. The molecular weight excluding hydrogens is 268 g/mol. The number of nitrogens with two attached hydrogens (primary N) is 1. The van der Waals surface area contributed by atoms with Gasteiger partial charge in [0.15, 0.2) is 0 Å². The molecule has 3 N–H and O–H groups in total. The SMILES string of the molecule is COc1nccc(N(C)C)c1NC(=O)C1CCCC1CN. The molecular formula is C15H24N4O2. The molecule has 1 fully saturated rings. The van der Waals surface area contributed by atoms with Gasteiger partial charge < -0.3 is 20.7 Å². The molecule has 0 aromatic carbocycles. The van der Waals surface area contributed by atoms with E-state index in [4.69, 9.17) is 10.5 Å². The van der Waals surface area contributed by atoms with Crippen molar-refractivity contribution in [3.8, 4) is 5.88 Å². The molecule has 0 radical (unpaired) electrons. The van der Waals surface area contributed by atoms with Crippen molar-refractivity contribution in [3.63, 3.8) is 0 Å². The van der Waals surface area contributed by atoms with E-state index in [1.165, 1.54) is 0 Å². The Balaban J connectivity index is 2.24. The number of pyridine rings is 1. The van der Waals surface area contributed by atoms with Crippen LogP contribution in [-0.2, 0) is 4.79 Å². The van der Waals surface area contributed by atoms with Gasteiger partial charge in [0.25, 0.3) is 0 Å². The monoisotopic (exact) mass is 292 g/mol. The van der Waals surface area contributed by atoms with Gasteiger partial charge in [-0.2, -0.15) is 0 Å². The molecule has 6 heteroatoms. The molecule has 2 unspecified atom stereocenters. The van der Waals surface area contributed by atoms with Gasteiger partial charge in [-0.3, -0.25) is 4.79 Å². The summed E-state index contributed by atoms with van der Waals surface area (Å²) in [5.74, 6) is 0.694. The number of hydrogen-bond acceptors (Lipinski definition) is 5. The number of nitrogens with one attached hydrogen (secondary N) is 1. The van der Waals surface area contributed by atoms with Gasteiger partial charge in [-0.25, -0.2) is 4.98 Å². The van der Waals surface area contributed by atoms with Crippen LogP contribution in [0.1, 0.15) is 19.3 Å². The largest absolute Gasteiger partial charge is 0.479 e. The minimum absolute atomic E-state index is 0.0114. The molecule has 116 valence electrons. The number of aromatic nitrogens is 1. The fourth-order valence-electron chi connectivity index (χ4n) is 2.96. The molecule has 1 saturated carbocycles. The van der Waals surface area contributed by atoms with Crippen molar-refractivity contribution in [1.29, 1.82) is 0 Å². The van der Waals surface area contributed by atoms with Gasteiger partial charge >= 0.3 is 0 Å². The molecule has 0 saturated heterocycles. The van der Waals surface area contributed by atoms with E-state index in [9.17, 15) is 4.79 Å². The fraction of sp³-hybridized carbons (Fsp3) is 0.600. The van der Waals surface area contributed by atoms with Crippen LogP contribution in [0.4, 0.5) is 11.4 Å². The third-order valence-electron chi connectivity index (χ3n) is 4.12. The maximum atomic E-state index is 12.6. The predicted octanol–water partition coefficient (Wildman–Crippen LogP) is 1.47. The van der Waals surface area contributed by atoms with E-state index < -0.39 is 0 Å². The fourth-order valence-corrected chi connectivity index (χ4v) is 2.96. The van der Waals surface area contributed by atoms with E-state index >= 15 is 0 Å². The molecule has 21 heavy (non-hydrogen) atoms. The van der Waals surface area contributed by atoms with Crippen LogP contribution in [0.25, 0.3) is 0 Å². The molecule has 0 aliphatic heterocycles. The summed E-state index contributed by atoms with van der Waals surface area (Å²) in [4.78, 5) is 18.7. The zero-order valence-corrected chi connectivity index (χ0v) is 12.9. The molecule has 1 aliphatic rings. The number of amides is 1. The Morgan fingerprint density at radius 2 is 2.29 bits per heavy atom. The summed E-state index contributed by atoms with van der Waals surface area (Å²) in [5, 5.41) is 2.99. The standard InChI is InChI=1S/C15H24N4O2/c1-19(2)12-7-8-17-15(21-3)13(12)18-14(20)11-6-4-5-10(11)9-16/h7-8,10-11H,4-6,9,16H2,1-3H3,(H,18,20). The number of rotatable bonds is 5. The molecule has 1 aromatic rings. The predicted molar refractivity (Wildman–Crippen MR) is 83.6 cm³/mol. The smallest absolute Gasteiger partial charge is 0.239 e. The summed E-state index contributed by atoms with van der Waals surface area (Å²) in [6.45, 7) is 0.558. The Morgan fingerprint density at radius 1 is 1.52 bits per heavy atom. The summed E-state index contributed by atoms with van der Waals surface area (Å²) in [7, 11) is 5.39. The second-order valence-corrected chi connectivity index (χ2v) is 5.63. The minimum atomic E-state index is -0.0186. The summed E-state index contributed by atoms with van der Waals surface area (Å²) in [6.07, 6.45) is 4.65. The van der Waals surface area contributed by atoms with Crippen molar-refractivity contribution < 1.29 is 9.53 Å². The third kappa shape index (κ3) is 3.26. The van der Waals surface area contributed by atoms with Crippen molar-refractivity contribution in [1.82, 2.24) is 4.98 Å². The zero-order chi connectivity index (χ0) is 15.4. The first-order chi connectivity index (χ1) is 10.1. The molecule has 0 spiro atoms. The van der Waals surface area contributed by atoms with Crippen molar-refractivity contribution in [2.24, 2.45) is 17.6 Å². The Kier molecular flexibility index (Phi) is 5.01. The highest BCUT2D eigenvalue weighted by molar-refractivity contribution is 5.97. The summed E-state index contributed by atoms with van der Waals surface area (Å²) in [5.41, 5.74) is 7.26. The molecule has 2 atom stereocenters. The highest BCUT2D eigenvalue weighted by atomic mass is 16.5. The molecule has 0 bridgehead atoms. The first-order valence-electron chi connectivity index (χ1n) is 7.29. The van der Waals surface area contributed by atoms with Crippen LogP contribution in [0.15, 0.2) is 12.3 Å². The summed E-state index contributed by atoms with van der Waals surface area (Å²) >= 11 is 0. The van der Waals surface area contributed by atoms with Crippen LogP contribution in [0.2, 0.25) is 0 Å². The average Bonchev–Trinajstić information content (AvgIpc) is 2.95. The topological polar surface area (TPSA) is 80.5 Å². The van der Waals surface area contributed by atoms with Gasteiger partial charge in [0.1, 0.15) is 5.69 Å². The second kappa shape index (κ2) is 6.76. The molecule has 6 nitrogen and oxygen atoms in total. The number of anilines is 2. The second-order valence-electron chi connectivity index (χ2n) is 5.63. The average molecular weight is 292 g/mol. The quantitative estimate of drug-likeness (QED) is 0.859. The van der Waals surface area contributed by atoms with Crippen molar-refractivity contribution in [2.75, 3.05) is 38.0 Å². The summed E-state index contributed by atoms with van der Waals surface area (Å²) < 4.78 is 5.28. The van der Waals surface area contributed by atoms with Crippen molar-refractivity contribution >= 4 is 17.3 Å². The first-order valence-corrected chi connectivity index (χ1v) is 7.29. The van der Waals surface area contributed by atoms with Crippen LogP contribution in [0.3, 0.4) is 0 Å². The Labute approximate surface area is 125 Å². The lowest BCUT2D eigenvalue weighted by Crippen LogP contribution is -2.30. The van der Waals surface area contributed by atoms with Crippen LogP contribution in [0.5, 0.6) is 5.88 Å². The van der Waals surface area contributed by atoms with E-state index in [1.54, 1.807) is 13.3 Å². The number of nitrogens with zero attached hydrogens (tertiary/aromatic N) is 2. The molecule has 1 amide bonds. The molecule has 1 aliphatic carbocycles. The van der Waals surface area contributed by atoms with E-state index in [-0.39, 0.29) is 17.7 Å². The van der Waals surface area contributed by atoms with Crippen LogP contribution in [0, 0.1) is 11.8 Å². The highest BCUT2D eigenvalue weighted by Gasteiger charge is 2.32. The number of carbonyl (C=O) groups is 1. The van der Waals surface area contributed by atoms with E-state index in [1.807, 2.05) is 25.1 Å². The lowest BCUT2D eigenvalue weighted by molar-refractivity contribution is -0.120. The van der Waals surface area contributed by atoms with Gasteiger partial charge in [-0.05, 0) is 31.4 Å². The van der Waals surface area contributed by atoms with Gasteiger partial charge in [-0.15, -0.1) is 0 Å². The van der Waals surface area contributed by atoms with E-state index in [0.29, 0.717) is 18.1 Å². The number of hydrogen-bond donors (Lipinski definition) is 2. The summed E-state index contributed by atoms with van der Waals surface area (Å²) in [6, 6.07) is 1.85. The van der Waals surface area contributed by atoms with Crippen molar-refractivity contribution in [3.05, 3.63) is 12.3 Å². The normalized spacial score (nSPS) is 21.1. The van der Waals surface area contributed by atoms with E-state index in [2.05, 4.69) is 10.3 Å². The van der Waals surface area contributed by atoms with Crippen LogP contribution < -0.4 is 20.7 Å². The Bertz CT molecular complexity index is 504. The zero-order valence-electron chi connectivity index (χ0n) is 12.9. The Hall–Kier alpha value is -1.82. The number of ether oxygens (including phenoxy) is 1. The van der Waals surface area contributed by atoms with Gasteiger partial charge in [0, 0.05) is 26.2 Å². The van der Waals surface area contributed by atoms with Gasteiger partial charge in [0.2, 0.25) is 11.8 Å². The number of methoxy groups -OCH3 is 1. The molecule has 1 aromatic heterocycles.